The van der Waals surface area contributed by atoms with Gasteiger partial charge in [0, 0.05) is 18.7 Å². The number of allylic oxidation sites excluding steroid dienone is 1. The molecule has 0 aliphatic carbocycles. The average Bonchev–Trinajstić information content (AvgIpc) is 2.27. The van der Waals surface area contributed by atoms with E-state index in [0.717, 1.165) is 0 Å². The lowest BCUT2D eigenvalue weighted by Crippen LogP contribution is -2.41. The molecule has 5 heteroatoms. The number of rotatable bonds is 3. The molecule has 0 bridgehead atoms. The Bertz CT molecular complexity index is 348. The fourth-order valence-corrected chi connectivity index (χ4v) is 1.80. The van der Waals surface area contributed by atoms with Crippen LogP contribution in [0, 0.1) is 5.41 Å². The molecule has 0 radical (unpaired) electrons. The summed E-state index contributed by atoms with van der Waals surface area (Å²) in [5.41, 5.74) is -0.0852. The van der Waals surface area contributed by atoms with Crippen molar-refractivity contribution < 1.29 is 19.4 Å². The molecule has 0 atom stereocenters. The predicted octanol–water partition coefficient (Wildman–Crippen LogP) is 1.29. The molecular formula is C13H21NO4. The minimum absolute atomic E-state index is 0.0490. The molecular weight excluding hydrogens is 234 g/mol. The molecule has 1 N–H and O–H groups in total. The van der Waals surface area contributed by atoms with Gasteiger partial charge in [-0.3, -0.25) is 4.79 Å². The number of carboxylic acid groups (broad SMARTS) is 1. The number of ether oxygens (including phenoxy) is 1. The van der Waals surface area contributed by atoms with Crippen molar-refractivity contribution in [3.63, 3.8) is 0 Å². The van der Waals surface area contributed by atoms with Gasteiger partial charge in [0.05, 0.1) is 19.6 Å². The standard InChI is InChI=1S/C13H21NO4/c1-13(2,3)9-10(12(16)17)8-11(15)14-4-6-18-7-5-14/h9H,4-8H2,1-3H3,(H,16,17)/b10-9+. The average molecular weight is 255 g/mol. The number of amides is 1. The van der Waals surface area contributed by atoms with Crippen molar-refractivity contribution in [2.24, 2.45) is 5.41 Å². The van der Waals surface area contributed by atoms with E-state index in [1.807, 2.05) is 20.8 Å². The summed E-state index contributed by atoms with van der Waals surface area (Å²) in [6, 6.07) is 0. The Morgan fingerprint density at radius 1 is 1.28 bits per heavy atom. The zero-order valence-electron chi connectivity index (χ0n) is 11.2. The number of hydrogen-bond acceptors (Lipinski definition) is 3. The Morgan fingerprint density at radius 2 is 1.83 bits per heavy atom. The number of carboxylic acids is 1. The van der Waals surface area contributed by atoms with Crippen LogP contribution in [0.2, 0.25) is 0 Å². The minimum atomic E-state index is -1.02. The number of carbonyl (C=O) groups excluding carboxylic acids is 1. The molecule has 0 spiro atoms. The van der Waals surface area contributed by atoms with Gasteiger partial charge in [-0.1, -0.05) is 26.8 Å². The topological polar surface area (TPSA) is 66.8 Å². The van der Waals surface area contributed by atoms with Crippen molar-refractivity contribution in [2.45, 2.75) is 27.2 Å². The van der Waals surface area contributed by atoms with Crippen LogP contribution in [0.5, 0.6) is 0 Å². The maximum Gasteiger partial charge on any atom is 0.331 e. The summed E-state index contributed by atoms with van der Waals surface area (Å²) in [6.45, 7) is 7.87. The van der Waals surface area contributed by atoms with E-state index in [1.165, 1.54) is 0 Å². The smallest absolute Gasteiger partial charge is 0.331 e. The number of aliphatic carboxylic acids is 1. The van der Waals surface area contributed by atoms with Gasteiger partial charge in [-0.2, -0.15) is 0 Å². The lowest BCUT2D eigenvalue weighted by Gasteiger charge is -2.27. The van der Waals surface area contributed by atoms with E-state index in [4.69, 9.17) is 9.84 Å². The van der Waals surface area contributed by atoms with Crippen molar-refractivity contribution >= 4 is 11.9 Å². The number of morpholine rings is 1. The van der Waals surface area contributed by atoms with Gasteiger partial charge in [0.15, 0.2) is 0 Å². The van der Waals surface area contributed by atoms with Crippen molar-refractivity contribution in [1.82, 2.24) is 4.90 Å². The second kappa shape index (κ2) is 6.00. The van der Waals surface area contributed by atoms with Crippen LogP contribution >= 0.6 is 0 Å². The summed E-state index contributed by atoms with van der Waals surface area (Å²) in [4.78, 5) is 24.8. The van der Waals surface area contributed by atoms with Gasteiger partial charge in [-0.05, 0) is 5.41 Å². The third-order valence-electron chi connectivity index (χ3n) is 2.59. The fraction of sp³-hybridized carbons (Fsp3) is 0.692. The third-order valence-corrected chi connectivity index (χ3v) is 2.59. The second-order valence-corrected chi connectivity index (χ2v) is 5.51. The van der Waals surface area contributed by atoms with E-state index < -0.39 is 5.97 Å². The van der Waals surface area contributed by atoms with Gasteiger partial charge in [0.25, 0.3) is 0 Å². The first-order chi connectivity index (χ1) is 8.29. The molecule has 1 fully saturated rings. The van der Waals surface area contributed by atoms with E-state index >= 15 is 0 Å². The maximum absolute atomic E-state index is 12.0. The van der Waals surface area contributed by atoms with Crippen LogP contribution in [-0.4, -0.2) is 48.2 Å². The molecule has 0 unspecified atom stereocenters. The Morgan fingerprint density at radius 3 is 2.28 bits per heavy atom. The molecule has 1 aliphatic heterocycles. The lowest BCUT2D eigenvalue weighted by atomic mass is 9.92. The highest BCUT2D eigenvalue weighted by atomic mass is 16.5. The van der Waals surface area contributed by atoms with E-state index in [1.54, 1.807) is 11.0 Å². The normalized spacial score (nSPS) is 17.7. The first kappa shape index (κ1) is 14.7. The highest BCUT2D eigenvalue weighted by Gasteiger charge is 2.22. The molecule has 1 amide bonds. The molecule has 1 heterocycles. The molecule has 5 nitrogen and oxygen atoms in total. The van der Waals surface area contributed by atoms with E-state index in [2.05, 4.69) is 0 Å². The van der Waals surface area contributed by atoms with Crippen LogP contribution in [0.3, 0.4) is 0 Å². The summed E-state index contributed by atoms with van der Waals surface area (Å²) in [5.74, 6) is -1.16. The lowest BCUT2D eigenvalue weighted by molar-refractivity contribution is -0.138. The van der Waals surface area contributed by atoms with Crippen molar-refractivity contribution in [2.75, 3.05) is 26.3 Å². The van der Waals surface area contributed by atoms with Crippen LogP contribution in [0.4, 0.5) is 0 Å². The van der Waals surface area contributed by atoms with Gasteiger partial charge in [0.2, 0.25) is 5.91 Å². The molecule has 0 aromatic carbocycles. The molecule has 1 aliphatic rings. The van der Waals surface area contributed by atoms with Crippen molar-refractivity contribution in [1.29, 1.82) is 0 Å². The molecule has 102 valence electrons. The first-order valence-electron chi connectivity index (χ1n) is 6.10. The van der Waals surface area contributed by atoms with E-state index in [0.29, 0.717) is 26.3 Å². The molecule has 0 aromatic rings. The van der Waals surface area contributed by atoms with Gasteiger partial charge in [0.1, 0.15) is 0 Å². The highest BCUT2D eigenvalue weighted by Crippen LogP contribution is 2.20. The zero-order chi connectivity index (χ0) is 13.8. The molecule has 18 heavy (non-hydrogen) atoms. The summed E-state index contributed by atoms with van der Waals surface area (Å²) in [6.07, 6.45) is 1.60. The third kappa shape index (κ3) is 4.87. The fourth-order valence-electron chi connectivity index (χ4n) is 1.80. The quantitative estimate of drug-likeness (QED) is 0.772. The van der Waals surface area contributed by atoms with Crippen LogP contribution in [-0.2, 0) is 14.3 Å². The Balaban J connectivity index is 2.69. The SMILES string of the molecule is CC(C)(C)/C=C(\CC(=O)N1CCOCC1)C(=O)O. The Hall–Kier alpha value is -1.36. The predicted molar refractivity (Wildman–Crippen MR) is 67.2 cm³/mol. The molecule has 0 aromatic heterocycles. The van der Waals surface area contributed by atoms with Gasteiger partial charge in [-0.25, -0.2) is 4.79 Å². The van der Waals surface area contributed by atoms with Gasteiger partial charge in [-0.15, -0.1) is 0 Å². The summed E-state index contributed by atoms with van der Waals surface area (Å²) in [7, 11) is 0. The summed E-state index contributed by atoms with van der Waals surface area (Å²) in [5, 5.41) is 9.12. The van der Waals surface area contributed by atoms with E-state index in [-0.39, 0.29) is 23.3 Å². The summed E-state index contributed by atoms with van der Waals surface area (Å²) < 4.78 is 5.16. The zero-order valence-corrected chi connectivity index (χ0v) is 11.2. The molecule has 1 rings (SSSR count). The molecule has 0 saturated carbocycles. The number of hydrogen-bond donors (Lipinski definition) is 1. The Labute approximate surface area is 107 Å². The van der Waals surface area contributed by atoms with Gasteiger partial charge >= 0.3 is 5.97 Å². The number of nitrogens with zero attached hydrogens (tertiary/aromatic N) is 1. The maximum atomic E-state index is 12.0. The van der Waals surface area contributed by atoms with Crippen LogP contribution in [0.1, 0.15) is 27.2 Å². The van der Waals surface area contributed by atoms with Crippen LogP contribution in [0.25, 0.3) is 0 Å². The largest absolute Gasteiger partial charge is 0.478 e. The van der Waals surface area contributed by atoms with Crippen molar-refractivity contribution in [3.8, 4) is 0 Å². The van der Waals surface area contributed by atoms with Gasteiger partial charge < -0.3 is 14.7 Å². The van der Waals surface area contributed by atoms with Crippen molar-refractivity contribution in [3.05, 3.63) is 11.6 Å². The molecule has 1 saturated heterocycles. The highest BCUT2D eigenvalue weighted by molar-refractivity contribution is 5.94. The second-order valence-electron chi connectivity index (χ2n) is 5.51. The summed E-state index contributed by atoms with van der Waals surface area (Å²) >= 11 is 0. The monoisotopic (exact) mass is 255 g/mol. The van der Waals surface area contributed by atoms with Crippen LogP contribution in [0.15, 0.2) is 11.6 Å². The first-order valence-corrected chi connectivity index (χ1v) is 6.10. The van der Waals surface area contributed by atoms with Crippen LogP contribution < -0.4 is 0 Å². The van der Waals surface area contributed by atoms with E-state index in [9.17, 15) is 9.59 Å². The Kier molecular flexibility index (Phi) is 4.90. The minimum Gasteiger partial charge on any atom is -0.478 e. The number of carbonyl (C=O) groups is 2.